The van der Waals surface area contributed by atoms with Crippen LogP contribution >= 0.6 is 15.9 Å². The van der Waals surface area contributed by atoms with Crippen LogP contribution in [0.15, 0.2) is 16.7 Å². The fraction of sp³-hybridized carbons (Fsp3) is 0.545. The summed E-state index contributed by atoms with van der Waals surface area (Å²) in [5.74, 6) is 0.0802. The van der Waals surface area contributed by atoms with Crippen molar-refractivity contribution in [1.29, 1.82) is 0 Å². The van der Waals surface area contributed by atoms with Gasteiger partial charge in [-0.05, 0) is 35.3 Å². The summed E-state index contributed by atoms with van der Waals surface area (Å²) in [5, 5.41) is 0. The maximum Gasteiger partial charge on any atom is 0.270 e. The maximum atomic E-state index is 12.0. The second kappa shape index (κ2) is 5.35. The van der Waals surface area contributed by atoms with Gasteiger partial charge in [0.15, 0.2) is 0 Å². The molecule has 4 heteroatoms. The number of rotatable bonds is 4. The number of hydrogen-bond donors (Lipinski definition) is 0. The number of nitrogens with zero attached hydrogens (tertiary/aromatic N) is 2. The predicted molar refractivity (Wildman–Crippen MR) is 65.1 cm³/mol. The van der Waals surface area contributed by atoms with Crippen molar-refractivity contribution in [3.63, 3.8) is 0 Å². The second-order valence-corrected chi connectivity index (χ2v) is 4.47. The highest BCUT2D eigenvalue weighted by atomic mass is 79.9. The van der Waals surface area contributed by atoms with Crippen molar-refractivity contribution in [1.82, 2.24) is 9.47 Å². The van der Waals surface area contributed by atoms with Crippen LogP contribution in [-0.2, 0) is 6.54 Å². The second-order valence-electron chi connectivity index (χ2n) is 3.56. The van der Waals surface area contributed by atoms with Gasteiger partial charge in [0.1, 0.15) is 5.69 Å². The van der Waals surface area contributed by atoms with Crippen molar-refractivity contribution in [2.45, 2.75) is 26.8 Å². The lowest BCUT2D eigenvalue weighted by Crippen LogP contribution is -2.28. The van der Waals surface area contributed by atoms with E-state index < -0.39 is 0 Å². The molecule has 0 aliphatic heterocycles. The highest BCUT2D eigenvalue weighted by molar-refractivity contribution is 9.10. The molecule has 84 valence electrons. The zero-order valence-electron chi connectivity index (χ0n) is 9.46. The zero-order valence-corrected chi connectivity index (χ0v) is 11.0. The van der Waals surface area contributed by atoms with E-state index in [9.17, 15) is 4.79 Å². The summed E-state index contributed by atoms with van der Waals surface area (Å²) in [4.78, 5) is 13.7. The number of aryl methyl sites for hydroxylation is 1. The smallest absolute Gasteiger partial charge is 0.270 e. The largest absolute Gasteiger partial charge is 0.342 e. The lowest BCUT2D eigenvalue weighted by Gasteiger charge is -2.15. The van der Waals surface area contributed by atoms with Crippen molar-refractivity contribution in [3.05, 3.63) is 22.4 Å². The maximum absolute atomic E-state index is 12.0. The van der Waals surface area contributed by atoms with Crippen molar-refractivity contribution in [2.75, 3.05) is 13.6 Å². The highest BCUT2D eigenvalue weighted by Crippen LogP contribution is 2.16. The van der Waals surface area contributed by atoms with Gasteiger partial charge in [0, 0.05) is 30.8 Å². The average Bonchev–Trinajstić information content (AvgIpc) is 2.58. The summed E-state index contributed by atoms with van der Waals surface area (Å²) in [5.41, 5.74) is 0.757. The van der Waals surface area contributed by atoms with Gasteiger partial charge in [-0.1, -0.05) is 6.92 Å². The number of amides is 1. The molecule has 1 aromatic rings. The fourth-order valence-electron chi connectivity index (χ4n) is 1.42. The zero-order chi connectivity index (χ0) is 11.4. The van der Waals surface area contributed by atoms with E-state index in [4.69, 9.17) is 0 Å². The van der Waals surface area contributed by atoms with Gasteiger partial charge >= 0.3 is 0 Å². The van der Waals surface area contributed by atoms with Crippen LogP contribution in [0.5, 0.6) is 0 Å². The van der Waals surface area contributed by atoms with Crippen LogP contribution < -0.4 is 0 Å². The highest BCUT2D eigenvalue weighted by Gasteiger charge is 2.15. The first-order valence-corrected chi connectivity index (χ1v) is 6.00. The Hall–Kier alpha value is -0.770. The quantitative estimate of drug-likeness (QED) is 0.828. The van der Waals surface area contributed by atoms with Crippen LogP contribution in [-0.4, -0.2) is 29.0 Å². The van der Waals surface area contributed by atoms with Gasteiger partial charge in [0.25, 0.3) is 5.91 Å². The molecular weight excluding hydrogens is 256 g/mol. The summed E-state index contributed by atoms with van der Waals surface area (Å²) in [6.45, 7) is 5.68. The molecule has 1 heterocycles. The van der Waals surface area contributed by atoms with Crippen LogP contribution in [0.1, 0.15) is 30.8 Å². The first-order valence-electron chi connectivity index (χ1n) is 5.21. The molecule has 15 heavy (non-hydrogen) atoms. The number of carbonyl (C=O) groups is 1. The standard InChI is InChI=1S/C11H17BrN2O/c1-4-6-14-8-9(12)7-10(14)11(15)13(3)5-2/h7-8H,4-6H2,1-3H3. The molecule has 0 N–H and O–H groups in total. The Morgan fingerprint density at radius 1 is 1.53 bits per heavy atom. The van der Waals surface area contributed by atoms with Gasteiger partial charge in [-0.25, -0.2) is 0 Å². The third kappa shape index (κ3) is 2.84. The molecule has 0 fully saturated rings. The fourth-order valence-corrected chi connectivity index (χ4v) is 1.88. The number of hydrogen-bond acceptors (Lipinski definition) is 1. The van der Waals surface area contributed by atoms with E-state index in [-0.39, 0.29) is 5.91 Å². The molecular formula is C11H17BrN2O. The Labute approximate surface area is 99.2 Å². The summed E-state index contributed by atoms with van der Waals surface area (Å²) in [6.07, 6.45) is 2.98. The monoisotopic (exact) mass is 272 g/mol. The van der Waals surface area contributed by atoms with E-state index in [1.807, 2.05) is 30.8 Å². The molecule has 0 radical (unpaired) electrons. The van der Waals surface area contributed by atoms with Crippen LogP contribution in [0.4, 0.5) is 0 Å². The van der Waals surface area contributed by atoms with Crippen molar-refractivity contribution in [3.8, 4) is 0 Å². The average molecular weight is 273 g/mol. The molecule has 0 aliphatic carbocycles. The molecule has 0 saturated heterocycles. The Bertz CT molecular complexity index is 346. The molecule has 1 amide bonds. The van der Waals surface area contributed by atoms with Crippen LogP contribution in [0.25, 0.3) is 0 Å². The minimum absolute atomic E-state index is 0.0802. The van der Waals surface area contributed by atoms with Gasteiger partial charge < -0.3 is 9.47 Å². The molecule has 0 aliphatic rings. The molecule has 1 rings (SSSR count). The molecule has 1 aromatic heterocycles. The third-order valence-corrected chi connectivity index (χ3v) is 2.80. The third-order valence-electron chi connectivity index (χ3n) is 2.37. The summed E-state index contributed by atoms with van der Waals surface area (Å²) >= 11 is 3.40. The summed E-state index contributed by atoms with van der Waals surface area (Å²) < 4.78 is 2.96. The molecule has 0 spiro atoms. The van der Waals surface area contributed by atoms with E-state index >= 15 is 0 Å². The van der Waals surface area contributed by atoms with E-state index in [1.165, 1.54) is 0 Å². The molecule has 0 unspecified atom stereocenters. The van der Waals surface area contributed by atoms with E-state index in [0.29, 0.717) is 0 Å². The molecule has 0 bridgehead atoms. The van der Waals surface area contributed by atoms with Crippen molar-refractivity contribution < 1.29 is 4.79 Å². The first-order chi connectivity index (χ1) is 7.10. The summed E-state index contributed by atoms with van der Waals surface area (Å²) in [7, 11) is 1.82. The van der Waals surface area contributed by atoms with Gasteiger partial charge in [0.05, 0.1) is 0 Å². The normalized spacial score (nSPS) is 10.4. The predicted octanol–water partition coefficient (Wildman–Crippen LogP) is 2.75. The van der Waals surface area contributed by atoms with Crippen LogP contribution in [0.3, 0.4) is 0 Å². The van der Waals surface area contributed by atoms with E-state index in [1.54, 1.807) is 4.90 Å². The lowest BCUT2D eigenvalue weighted by atomic mass is 10.3. The van der Waals surface area contributed by atoms with Gasteiger partial charge in [-0.2, -0.15) is 0 Å². The number of carbonyl (C=O) groups excluding carboxylic acids is 1. The van der Waals surface area contributed by atoms with Gasteiger partial charge in [-0.15, -0.1) is 0 Å². The Morgan fingerprint density at radius 2 is 2.20 bits per heavy atom. The van der Waals surface area contributed by atoms with Crippen molar-refractivity contribution in [2.24, 2.45) is 0 Å². The Morgan fingerprint density at radius 3 is 2.73 bits per heavy atom. The number of aromatic nitrogens is 1. The molecule has 0 atom stereocenters. The van der Waals surface area contributed by atoms with Crippen LogP contribution in [0.2, 0.25) is 0 Å². The first kappa shape index (κ1) is 12.3. The molecule has 3 nitrogen and oxygen atoms in total. The lowest BCUT2D eigenvalue weighted by molar-refractivity contribution is 0.0791. The van der Waals surface area contributed by atoms with E-state index in [2.05, 4.69) is 22.9 Å². The summed E-state index contributed by atoms with van der Waals surface area (Å²) in [6, 6.07) is 1.88. The SMILES string of the molecule is CCCn1cc(Br)cc1C(=O)N(C)CC. The number of halogens is 1. The van der Waals surface area contributed by atoms with E-state index in [0.717, 1.165) is 29.7 Å². The van der Waals surface area contributed by atoms with Gasteiger partial charge in [0.2, 0.25) is 0 Å². The topological polar surface area (TPSA) is 25.2 Å². The Balaban J connectivity index is 2.96. The van der Waals surface area contributed by atoms with Crippen LogP contribution in [0, 0.1) is 0 Å². The molecule has 0 aromatic carbocycles. The van der Waals surface area contributed by atoms with Gasteiger partial charge in [-0.3, -0.25) is 4.79 Å². The molecule has 0 saturated carbocycles. The minimum Gasteiger partial charge on any atom is -0.342 e. The minimum atomic E-state index is 0.0802. The Kier molecular flexibility index (Phi) is 4.39. The van der Waals surface area contributed by atoms with Crippen molar-refractivity contribution >= 4 is 21.8 Å².